The Kier molecular flexibility index (Phi) is 6.18. The number of rotatable bonds is 7. The van der Waals surface area contributed by atoms with E-state index in [-0.39, 0.29) is 11.8 Å². The van der Waals surface area contributed by atoms with Gasteiger partial charge in [-0.25, -0.2) is 0 Å². The molecule has 1 heterocycles. The van der Waals surface area contributed by atoms with Crippen LogP contribution in [0.5, 0.6) is 0 Å². The van der Waals surface area contributed by atoms with E-state index in [0.717, 1.165) is 31.2 Å². The molecule has 0 aliphatic heterocycles. The van der Waals surface area contributed by atoms with Gasteiger partial charge in [-0.3, -0.25) is 9.78 Å². The number of methoxy groups -OCH3 is 1. The van der Waals surface area contributed by atoms with Crippen molar-refractivity contribution >= 4 is 5.91 Å². The summed E-state index contributed by atoms with van der Waals surface area (Å²) in [6.45, 7) is 2.01. The van der Waals surface area contributed by atoms with E-state index in [1.807, 2.05) is 23.1 Å². The zero-order valence-electron chi connectivity index (χ0n) is 14.9. The molecule has 2 aromatic rings. The minimum absolute atomic E-state index is 0.0191. The summed E-state index contributed by atoms with van der Waals surface area (Å²) in [5.74, 6) is 0.217. The highest BCUT2D eigenvalue weighted by atomic mass is 16.5. The molecule has 0 unspecified atom stereocenters. The fraction of sp³-hybridized carbons (Fsp3) is 0.429. The van der Waals surface area contributed by atoms with Gasteiger partial charge in [-0.05, 0) is 54.5 Å². The molecule has 1 aliphatic rings. The standard InChI is InChI=1S/C21H26N2O2/c1-25-15-5-14-23(16-17-10-12-22-13-11-17)21(24)20-9-4-7-18-6-2-3-8-19(18)20/h2-3,6,8,10-13,20H,4-5,7,9,14-16H2,1H3/t20-/m1/s1. The van der Waals surface area contributed by atoms with Crippen molar-refractivity contribution in [2.45, 2.75) is 38.1 Å². The van der Waals surface area contributed by atoms with Gasteiger partial charge < -0.3 is 9.64 Å². The van der Waals surface area contributed by atoms with Gasteiger partial charge in [0, 0.05) is 39.2 Å². The predicted octanol–water partition coefficient (Wildman–Crippen LogP) is 3.57. The van der Waals surface area contributed by atoms with Gasteiger partial charge in [0.15, 0.2) is 0 Å². The Morgan fingerprint density at radius 2 is 2.04 bits per heavy atom. The molecule has 25 heavy (non-hydrogen) atoms. The van der Waals surface area contributed by atoms with Gasteiger partial charge in [0.2, 0.25) is 5.91 Å². The lowest BCUT2D eigenvalue weighted by atomic mass is 9.82. The van der Waals surface area contributed by atoms with Crippen LogP contribution in [0.2, 0.25) is 0 Å². The van der Waals surface area contributed by atoms with Gasteiger partial charge in [-0.1, -0.05) is 24.3 Å². The van der Waals surface area contributed by atoms with Crippen LogP contribution in [0.4, 0.5) is 0 Å². The highest BCUT2D eigenvalue weighted by molar-refractivity contribution is 5.84. The van der Waals surface area contributed by atoms with Crippen LogP contribution in [-0.4, -0.2) is 36.1 Å². The van der Waals surface area contributed by atoms with Crippen LogP contribution in [0.25, 0.3) is 0 Å². The van der Waals surface area contributed by atoms with Crippen LogP contribution in [0.15, 0.2) is 48.8 Å². The van der Waals surface area contributed by atoms with Crippen LogP contribution in [-0.2, 0) is 22.5 Å². The van der Waals surface area contributed by atoms with Gasteiger partial charge in [0.05, 0.1) is 5.92 Å². The number of benzene rings is 1. The van der Waals surface area contributed by atoms with Crippen LogP contribution < -0.4 is 0 Å². The number of hydrogen-bond acceptors (Lipinski definition) is 3. The Labute approximate surface area is 149 Å². The zero-order chi connectivity index (χ0) is 17.5. The normalized spacial score (nSPS) is 16.3. The van der Waals surface area contributed by atoms with E-state index in [4.69, 9.17) is 4.74 Å². The summed E-state index contributed by atoms with van der Waals surface area (Å²) < 4.78 is 5.18. The lowest BCUT2D eigenvalue weighted by Gasteiger charge is -2.31. The summed E-state index contributed by atoms with van der Waals surface area (Å²) in [7, 11) is 1.70. The molecule has 0 bridgehead atoms. The molecule has 1 aromatic heterocycles. The largest absolute Gasteiger partial charge is 0.385 e. The lowest BCUT2D eigenvalue weighted by molar-refractivity contribution is -0.134. The van der Waals surface area contributed by atoms with Crippen molar-refractivity contribution in [1.82, 2.24) is 9.88 Å². The van der Waals surface area contributed by atoms with E-state index < -0.39 is 0 Å². The molecule has 0 saturated carbocycles. The number of aromatic nitrogens is 1. The van der Waals surface area contributed by atoms with Crippen molar-refractivity contribution in [3.63, 3.8) is 0 Å². The Hall–Kier alpha value is -2.20. The van der Waals surface area contributed by atoms with Crippen LogP contribution >= 0.6 is 0 Å². The monoisotopic (exact) mass is 338 g/mol. The molecule has 3 rings (SSSR count). The van der Waals surface area contributed by atoms with Crippen LogP contribution in [0.1, 0.15) is 41.9 Å². The number of amides is 1. The van der Waals surface area contributed by atoms with Crippen molar-refractivity contribution in [3.8, 4) is 0 Å². The molecule has 0 N–H and O–H groups in total. The fourth-order valence-corrected chi connectivity index (χ4v) is 3.61. The van der Waals surface area contributed by atoms with Gasteiger partial charge in [-0.2, -0.15) is 0 Å². The van der Waals surface area contributed by atoms with Crippen molar-refractivity contribution in [2.24, 2.45) is 0 Å². The van der Waals surface area contributed by atoms with Crippen molar-refractivity contribution in [2.75, 3.05) is 20.3 Å². The SMILES string of the molecule is COCCCN(Cc1ccncc1)C(=O)[C@@H]1CCCc2ccccc21. The third-order valence-corrected chi connectivity index (χ3v) is 4.88. The number of aryl methyl sites for hydroxylation is 1. The highest BCUT2D eigenvalue weighted by Gasteiger charge is 2.29. The van der Waals surface area contributed by atoms with Crippen molar-refractivity contribution < 1.29 is 9.53 Å². The number of carbonyl (C=O) groups is 1. The number of fused-ring (bicyclic) bond motifs is 1. The second-order valence-corrected chi connectivity index (χ2v) is 6.61. The quantitative estimate of drug-likeness (QED) is 0.725. The first-order valence-corrected chi connectivity index (χ1v) is 9.04. The number of ether oxygens (including phenoxy) is 1. The van der Waals surface area contributed by atoms with E-state index in [0.29, 0.717) is 19.7 Å². The van der Waals surface area contributed by atoms with Crippen LogP contribution in [0.3, 0.4) is 0 Å². The average Bonchev–Trinajstić information content (AvgIpc) is 2.67. The van der Waals surface area contributed by atoms with E-state index in [2.05, 4.69) is 23.2 Å². The van der Waals surface area contributed by atoms with Crippen molar-refractivity contribution in [3.05, 3.63) is 65.5 Å². The molecule has 0 saturated heterocycles. The van der Waals surface area contributed by atoms with Gasteiger partial charge >= 0.3 is 0 Å². The summed E-state index contributed by atoms with van der Waals surface area (Å²) in [4.78, 5) is 19.4. The predicted molar refractivity (Wildman–Crippen MR) is 98.3 cm³/mol. The topological polar surface area (TPSA) is 42.4 Å². The smallest absolute Gasteiger partial charge is 0.230 e. The van der Waals surface area contributed by atoms with E-state index in [9.17, 15) is 4.79 Å². The molecule has 0 radical (unpaired) electrons. The average molecular weight is 338 g/mol. The Morgan fingerprint density at radius 3 is 2.84 bits per heavy atom. The van der Waals surface area contributed by atoms with E-state index in [1.54, 1.807) is 19.5 Å². The lowest BCUT2D eigenvalue weighted by Crippen LogP contribution is -2.37. The Morgan fingerprint density at radius 1 is 1.24 bits per heavy atom. The van der Waals surface area contributed by atoms with Gasteiger partial charge in [-0.15, -0.1) is 0 Å². The summed E-state index contributed by atoms with van der Waals surface area (Å²) in [6.07, 6.45) is 7.50. The van der Waals surface area contributed by atoms with Gasteiger partial charge in [0.25, 0.3) is 0 Å². The fourth-order valence-electron chi connectivity index (χ4n) is 3.61. The Balaban J connectivity index is 1.79. The number of hydrogen-bond donors (Lipinski definition) is 0. The zero-order valence-corrected chi connectivity index (χ0v) is 14.9. The molecule has 1 aromatic carbocycles. The number of carbonyl (C=O) groups excluding carboxylic acids is 1. The number of pyridine rings is 1. The first-order valence-electron chi connectivity index (χ1n) is 9.04. The second-order valence-electron chi connectivity index (χ2n) is 6.61. The molecule has 4 nitrogen and oxygen atoms in total. The minimum atomic E-state index is -0.0191. The molecular formula is C21H26N2O2. The van der Waals surface area contributed by atoms with Crippen LogP contribution in [0, 0.1) is 0 Å². The van der Waals surface area contributed by atoms with Crippen molar-refractivity contribution in [1.29, 1.82) is 0 Å². The van der Waals surface area contributed by atoms with Gasteiger partial charge in [0.1, 0.15) is 0 Å². The van der Waals surface area contributed by atoms with E-state index in [1.165, 1.54) is 11.1 Å². The maximum absolute atomic E-state index is 13.3. The summed E-state index contributed by atoms with van der Waals surface area (Å²) >= 11 is 0. The molecule has 1 amide bonds. The molecule has 132 valence electrons. The highest BCUT2D eigenvalue weighted by Crippen LogP contribution is 2.33. The second kappa shape index (κ2) is 8.77. The molecule has 1 atom stereocenters. The third-order valence-electron chi connectivity index (χ3n) is 4.88. The first-order chi connectivity index (χ1) is 12.3. The molecular weight excluding hydrogens is 312 g/mol. The third kappa shape index (κ3) is 4.45. The molecule has 0 spiro atoms. The number of nitrogens with zero attached hydrogens (tertiary/aromatic N) is 2. The maximum Gasteiger partial charge on any atom is 0.230 e. The maximum atomic E-state index is 13.3. The summed E-state index contributed by atoms with van der Waals surface area (Å²) in [5.41, 5.74) is 3.66. The summed E-state index contributed by atoms with van der Waals surface area (Å²) in [6, 6.07) is 12.3. The Bertz CT molecular complexity index is 687. The van der Waals surface area contributed by atoms with E-state index >= 15 is 0 Å². The molecule has 4 heteroatoms. The first kappa shape index (κ1) is 17.6. The minimum Gasteiger partial charge on any atom is -0.385 e. The molecule has 1 aliphatic carbocycles. The summed E-state index contributed by atoms with van der Waals surface area (Å²) in [5, 5.41) is 0. The molecule has 0 fully saturated rings.